The Morgan fingerprint density at radius 1 is 1.12 bits per heavy atom. The zero-order chi connectivity index (χ0) is 24.2. The Morgan fingerprint density at radius 2 is 1.85 bits per heavy atom. The van der Waals surface area contributed by atoms with E-state index in [1.807, 2.05) is 0 Å². The molecule has 0 aromatic carbocycles. The summed E-state index contributed by atoms with van der Waals surface area (Å²) in [6.07, 6.45) is 15.3. The average molecular weight is 455 g/mol. The number of ether oxygens (including phenoxy) is 1. The van der Waals surface area contributed by atoms with Gasteiger partial charge in [0.05, 0.1) is 6.10 Å². The number of aliphatic hydroxyl groups is 1. The molecule has 184 valence electrons. The molecule has 0 aromatic heterocycles. The van der Waals surface area contributed by atoms with Gasteiger partial charge in [0.25, 0.3) is 6.47 Å². The highest BCUT2D eigenvalue weighted by atomic mass is 16.5. The number of hydrogen-bond donors (Lipinski definition) is 1. The summed E-state index contributed by atoms with van der Waals surface area (Å²) >= 11 is 0. The maximum Gasteiger partial charge on any atom is 0.293 e. The summed E-state index contributed by atoms with van der Waals surface area (Å²) in [4.78, 5) is 11.4. The van der Waals surface area contributed by atoms with Crippen LogP contribution in [0.1, 0.15) is 99.8 Å². The molecule has 0 heterocycles. The molecule has 2 unspecified atom stereocenters. The molecular formula is C30H46O3. The molecular weight excluding hydrogens is 408 g/mol. The van der Waals surface area contributed by atoms with Gasteiger partial charge in [-0.05, 0) is 104 Å². The number of rotatable bonds is 6. The highest BCUT2D eigenvalue weighted by Gasteiger charge is 2.63. The van der Waals surface area contributed by atoms with Gasteiger partial charge in [-0.1, -0.05) is 58.4 Å². The quantitative estimate of drug-likeness (QED) is 0.342. The van der Waals surface area contributed by atoms with Crippen LogP contribution in [0.5, 0.6) is 0 Å². The lowest BCUT2D eigenvalue weighted by Gasteiger charge is -2.61. The van der Waals surface area contributed by atoms with Crippen molar-refractivity contribution < 1.29 is 14.6 Å². The van der Waals surface area contributed by atoms with Crippen molar-refractivity contribution in [3.05, 3.63) is 34.9 Å². The number of hydrogen-bond acceptors (Lipinski definition) is 3. The van der Waals surface area contributed by atoms with Crippen LogP contribution in [-0.4, -0.2) is 23.8 Å². The van der Waals surface area contributed by atoms with E-state index in [0.29, 0.717) is 18.3 Å². The molecule has 4 rings (SSSR count). The summed E-state index contributed by atoms with van der Waals surface area (Å²) in [6, 6.07) is 0. The van der Waals surface area contributed by atoms with E-state index >= 15 is 0 Å². The minimum Gasteiger partial charge on any atom is -0.464 e. The van der Waals surface area contributed by atoms with Crippen molar-refractivity contribution in [1.82, 2.24) is 0 Å². The largest absolute Gasteiger partial charge is 0.464 e. The maximum atomic E-state index is 11.4. The van der Waals surface area contributed by atoms with Gasteiger partial charge in [-0.2, -0.15) is 0 Å². The lowest BCUT2D eigenvalue weighted by Crippen LogP contribution is -2.54. The van der Waals surface area contributed by atoms with Crippen LogP contribution in [0, 0.1) is 33.5 Å². The first-order valence-electron chi connectivity index (χ1n) is 13.2. The van der Waals surface area contributed by atoms with E-state index < -0.39 is 0 Å². The van der Waals surface area contributed by atoms with Gasteiger partial charge in [0.2, 0.25) is 0 Å². The van der Waals surface area contributed by atoms with E-state index in [1.54, 1.807) is 11.1 Å². The molecule has 0 amide bonds. The van der Waals surface area contributed by atoms with E-state index in [9.17, 15) is 9.90 Å². The minimum absolute atomic E-state index is 0.0174. The fraction of sp³-hybridized carbons (Fsp3) is 0.767. The van der Waals surface area contributed by atoms with E-state index in [4.69, 9.17) is 4.74 Å². The second-order valence-corrected chi connectivity index (χ2v) is 13.0. The molecule has 0 spiro atoms. The molecule has 7 atom stereocenters. The standard InChI is InChI=1S/C30H46O3/c1-20(2)9-8-10-24(33-19-31)23-14-18-29(6)22-11-12-25-27(3,4)26(32)15-16-28(25,5)21(22)13-17-30(23,29)7/h9,11,13,19,23-26,32H,8,10,12,14-18H2,1-7H3/t23-,24?,25?,26+,28-,29+,30-/m1/s1. The first-order valence-corrected chi connectivity index (χ1v) is 13.2. The van der Waals surface area contributed by atoms with Crippen molar-refractivity contribution >= 4 is 6.47 Å². The monoisotopic (exact) mass is 454 g/mol. The highest BCUT2D eigenvalue weighted by molar-refractivity contribution is 5.50. The van der Waals surface area contributed by atoms with Gasteiger partial charge in [-0.15, -0.1) is 0 Å². The first kappa shape index (κ1) is 24.8. The van der Waals surface area contributed by atoms with Gasteiger partial charge in [-0.3, -0.25) is 4.79 Å². The second-order valence-electron chi connectivity index (χ2n) is 13.0. The van der Waals surface area contributed by atoms with Gasteiger partial charge in [0, 0.05) is 5.92 Å². The van der Waals surface area contributed by atoms with Crippen molar-refractivity contribution in [2.75, 3.05) is 0 Å². The van der Waals surface area contributed by atoms with E-state index in [0.717, 1.165) is 51.4 Å². The summed E-state index contributed by atoms with van der Waals surface area (Å²) in [5.74, 6) is 0.858. The SMILES string of the molecule is CC(C)=CCCC(OC=O)[C@H]1CC[C@@]2(C)C3=CCC4C(C)(C)[C@@H](O)CC[C@]4(C)C3=CC[C@]12C. The van der Waals surface area contributed by atoms with Crippen LogP contribution >= 0.6 is 0 Å². The highest BCUT2D eigenvalue weighted by Crippen LogP contribution is 2.71. The summed E-state index contributed by atoms with van der Waals surface area (Å²) in [5.41, 5.74) is 4.73. The van der Waals surface area contributed by atoms with Gasteiger partial charge in [0.15, 0.2) is 0 Å². The van der Waals surface area contributed by atoms with Crippen LogP contribution < -0.4 is 0 Å². The Balaban J connectivity index is 1.68. The molecule has 0 radical (unpaired) electrons. The normalized spacial score (nSPS) is 42.1. The number of fused-ring (bicyclic) bond motifs is 5. The Morgan fingerprint density at radius 3 is 2.52 bits per heavy atom. The van der Waals surface area contributed by atoms with Crippen molar-refractivity contribution in [1.29, 1.82) is 0 Å². The predicted octanol–water partition coefficient (Wildman–Crippen LogP) is 7.16. The van der Waals surface area contributed by atoms with Crippen LogP contribution in [0.2, 0.25) is 0 Å². The molecule has 1 N–H and O–H groups in total. The second kappa shape index (κ2) is 8.40. The summed E-state index contributed by atoms with van der Waals surface area (Å²) in [6.45, 7) is 16.9. The fourth-order valence-corrected chi connectivity index (χ4v) is 8.60. The molecule has 0 aliphatic heterocycles. The van der Waals surface area contributed by atoms with Crippen molar-refractivity contribution in [2.45, 2.75) is 112 Å². The molecule has 0 bridgehead atoms. The maximum absolute atomic E-state index is 11.4. The van der Waals surface area contributed by atoms with E-state index in [1.165, 1.54) is 5.57 Å². The third kappa shape index (κ3) is 3.60. The molecule has 0 saturated heterocycles. The fourth-order valence-electron chi connectivity index (χ4n) is 8.60. The number of allylic oxidation sites excluding steroid dienone is 6. The lowest BCUT2D eigenvalue weighted by atomic mass is 9.44. The zero-order valence-corrected chi connectivity index (χ0v) is 22.0. The Bertz CT molecular complexity index is 875. The predicted molar refractivity (Wildman–Crippen MR) is 135 cm³/mol. The van der Waals surface area contributed by atoms with Crippen LogP contribution in [0.25, 0.3) is 0 Å². The molecule has 2 saturated carbocycles. The van der Waals surface area contributed by atoms with Crippen LogP contribution in [0.3, 0.4) is 0 Å². The molecule has 3 nitrogen and oxygen atoms in total. The molecule has 0 aromatic rings. The lowest BCUT2D eigenvalue weighted by molar-refractivity contribution is -0.140. The molecule has 2 fully saturated rings. The van der Waals surface area contributed by atoms with E-state index in [-0.39, 0.29) is 33.9 Å². The van der Waals surface area contributed by atoms with Gasteiger partial charge in [0.1, 0.15) is 6.10 Å². The van der Waals surface area contributed by atoms with Gasteiger partial charge in [-0.25, -0.2) is 0 Å². The van der Waals surface area contributed by atoms with Gasteiger partial charge < -0.3 is 9.84 Å². The van der Waals surface area contributed by atoms with Crippen molar-refractivity contribution in [3.8, 4) is 0 Å². The third-order valence-corrected chi connectivity index (χ3v) is 11.0. The topological polar surface area (TPSA) is 46.5 Å². The van der Waals surface area contributed by atoms with Gasteiger partial charge >= 0.3 is 0 Å². The smallest absolute Gasteiger partial charge is 0.293 e. The molecule has 33 heavy (non-hydrogen) atoms. The van der Waals surface area contributed by atoms with Crippen LogP contribution in [0.15, 0.2) is 34.9 Å². The molecule has 4 aliphatic rings. The van der Waals surface area contributed by atoms with Crippen molar-refractivity contribution in [3.63, 3.8) is 0 Å². The van der Waals surface area contributed by atoms with E-state index in [2.05, 4.69) is 66.7 Å². The third-order valence-electron chi connectivity index (χ3n) is 11.0. The zero-order valence-electron chi connectivity index (χ0n) is 22.0. The average Bonchev–Trinajstić information content (AvgIpc) is 3.02. The number of aliphatic hydroxyl groups excluding tert-OH is 1. The number of carbonyl (C=O) groups is 1. The Kier molecular flexibility index (Phi) is 6.30. The minimum atomic E-state index is -0.214. The Hall–Kier alpha value is -1.35. The van der Waals surface area contributed by atoms with Crippen molar-refractivity contribution in [2.24, 2.45) is 33.5 Å². The first-order chi connectivity index (χ1) is 15.4. The van der Waals surface area contributed by atoms with Crippen LogP contribution in [0.4, 0.5) is 0 Å². The van der Waals surface area contributed by atoms with Crippen LogP contribution in [-0.2, 0) is 9.53 Å². The Labute approximate surface area is 201 Å². The number of carbonyl (C=O) groups excluding carboxylic acids is 1. The summed E-state index contributed by atoms with van der Waals surface area (Å²) in [5, 5.41) is 10.8. The molecule has 3 heteroatoms. The summed E-state index contributed by atoms with van der Waals surface area (Å²) < 4.78 is 5.77. The molecule has 4 aliphatic carbocycles. The summed E-state index contributed by atoms with van der Waals surface area (Å²) in [7, 11) is 0.